The molecule has 0 spiro atoms. The summed E-state index contributed by atoms with van der Waals surface area (Å²) >= 11 is 0. The molecule has 2 rings (SSSR count). The lowest BCUT2D eigenvalue weighted by atomic mass is 10.2. The van der Waals surface area contributed by atoms with E-state index in [4.69, 9.17) is 5.26 Å². The lowest BCUT2D eigenvalue weighted by molar-refractivity contribution is -0.114. The van der Waals surface area contributed by atoms with Crippen molar-refractivity contribution in [1.82, 2.24) is 0 Å². The SMILES string of the molecule is CS(=O)(=O)N(CC(=O)Nc1ccccc1C#N)c1ccccc1. The molecule has 118 valence electrons. The van der Waals surface area contributed by atoms with Gasteiger partial charge in [0.15, 0.2) is 0 Å². The minimum absolute atomic E-state index is 0.312. The van der Waals surface area contributed by atoms with Crippen LogP contribution in [0.5, 0.6) is 0 Å². The molecule has 0 aromatic heterocycles. The number of amides is 1. The summed E-state index contributed by atoms with van der Waals surface area (Å²) in [5.41, 5.74) is 1.06. The zero-order chi connectivity index (χ0) is 16.9. The van der Waals surface area contributed by atoms with Crippen molar-refractivity contribution < 1.29 is 13.2 Å². The van der Waals surface area contributed by atoms with Crippen LogP contribution in [0, 0.1) is 11.3 Å². The van der Waals surface area contributed by atoms with Gasteiger partial charge in [0.25, 0.3) is 0 Å². The van der Waals surface area contributed by atoms with Crippen LogP contribution >= 0.6 is 0 Å². The van der Waals surface area contributed by atoms with Crippen molar-refractivity contribution in [2.24, 2.45) is 0 Å². The second-order valence-electron chi connectivity index (χ2n) is 4.81. The third-order valence-electron chi connectivity index (χ3n) is 3.05. The standard InChI is InChI=1S/C16H15N3O3S/c1-23(21,22)19(14-8-3-2-4-9-14)12-16(20)18-15-10-6-5-7-13(15)11-17/h2-10H,12H2,1H3,(H,18,20). The molecular formula is C16H15N3O3S. The maximum Gasteiger partial charge on any atom is 0.245 e. The van der Waals surface area contributed by atoms with Crippen LogP contribution in [0.1, 0.15) is 5.56 Å². The van der Waals surface area contributed by atoms with Crippen molar-refractivity contribution in [3.05, 3.63) is 60.2 Å². The normalized spacial score (nSPS) is 10.6. The van der Waals surface area contributed by atoms with Gasteiger partial charge in [0.2, 0.25) is 15.9 Å². The summed E-state index contributed by atoms with van der Waals surface area (Å²) < 4.78 is 24.9. The molecule has 0 bridgehead atoms. The number of nitrogens with one attached hydrogen (secondary N) is 1. The van der Waals surface area contributed by atoms with Crippen molar-refractivity contribution in [2.45, 2.75) is 0 Å². The summed E-state index contributed by atoms with van der Waals surface area (Å²) in [5, 5.41) is 11.6. The quantitative estimate of drug-likeness (QED) is 0.908. The zero-order valence-electron chi connectivity index (χ0n) is 12.4. The number of rotatable bonds is 5. The minimum atomic E-state index is -3.61. The Morgan fingerprint density at radius 2 is 1.74 bits per heavy atom. The number of nitrogens with zero attached hydrogens (tertiary/aromatic N) is 2. The number of hydrogen-bond donors (Lipinski definition) is 1. The third-order valence-corrected chi connectivity index (χ3v) is 4.19. The summed E-state index contributed by atoms with van der Waals surface area (Å²) in [6.45, 7) is -0.372. The van der Waals surface area contributed by atoms with Gasteiger partial charge >= 0.3 is 0 Å². The van der Waals surface area contributed by atoms with Crippen molar-refractivity contribution in [3.8, 4) is 6.07 Å². The molecule has 2 aromatic rings. The fourth-order valence-electron chi connectivity index (χ4n) is 2.00. The summed E-state index contributed by atoms with van der Waals surface area (Å²) in [7, 11) is -3.61. The van der Waals surface area contributed by atoms with E-state index in [-0.39, 0.29) is 6.54 Å². The van der Waals surface area contributed by atoms with E-state index in [1.807, 2.05) is 6.07 Å². The van der Waals surface area contributed by atoms with Gasteiger partial charge in [-0.25, -0.2) is 8.42 Å². The topological polar surface area (TPSA) is 90.3 Å². The molecule has 0 heterocycles. The maximum atomic E-state index is 12.2. The molecule has 0 saturated heterocycles. The van der Waals surface area contributed by atoms with Gasteiger partial charge in [0, 0.05) is 0 Å². The number of carbonyl (C=O) groups is 1. The van der Waals surface area contributed by atoms with Gasteiger partial charge in [-0.05, 0) is 24.3 Å². The van der Waals surface area contributed by atoms with E-state index < -0.39 is 15.9 Å². The number of nitriles is 1. The lowest BCUT2D eigenvalue weighted by Gasteiger charge is -2.21. The monoisotopic (exact) mass is 329 g/mol. The van der Waals surface area contributed by atoms with E-state index in [0.717, 1.165) is 10.6 Å². The van der Waals surface area contributed by atoms with E-state index in [0.29, 0.717) is 16.9 Å². The van der Waals surface area contributed by atoms with Gasteiger partial charge in [0.05, 0.1) is 23.2 Å². The van der Waals surface area contributed by atoms with Crippen LogP contribution in [0.4, 0.5) is 11.4 Å². The molecule has 0 aliphatic carbocycles. The van der Waals surface area contributed by atoms with Gasteiger partial charge in [-0.3, -0.25) is 9.10 Å². The van der Waals surface area contributed by atoms with E-state index >= 15 is 0 Å². The van der Waals surface area contributed by atoms with Crippen LogP contribution in [-0.4, -0.2) is 27.1 Å². The molecular weight excluding hydrogens is 314 g/mol. The van der Waals surface area contributed by atoms with Crippen molar-refractivity contribution in [3.63, 3.8) is 0 Å². The Balaban J connectivity index is 2.21. The van der Waals surface area contributed by atoms with E-state index in [2.05, 4.69) is 5.32 Å². The Morgan fingerprint density at radius 1 is 1.13 bits per heavy atom. The summed E-state index contributed by atoms with van der Waals surface area (Å²) in [6.07, 6.45) is 1.04. The molecule has 0 atom stereocenters. The van der Waals surface area contributed by atoms with Gasteiger partial charge in [0.1, 0.15) is 12.6 Å². The number of benzene rings is 2. The van der Waals surface area contributed by atoms with E-state index in [1.54, 1.807) is 54.6 Å². The molecule has 0 aliphatic rings. The Hall–Kier alpha value is -2.85. The number of para-hydroxylation sites is 2. The number of hydrogen-bond acceptors (Lipinski definition) is 4. The largest absolute Gasteiger partial charge is 0.323 e. The zero-order valence-corrected chi connectivity index (χ0v) is 13.2. The highest BCUT2D eigenvalue weighted by Crippen LogP contribution is 2.18. The van der Waals surface area contributed by atoms with Crippen LogP contribution in [0.25, 0.3) is 0 Å². The van der Waals surface area contributed by atoms with Gasteiger partial charge in [-0.2, -0.15) is 5.26 Å². The highest BCUT2D eigenvalue weighted by molar-refractivity contribution is 7.92. The smallest absolute Gasteiger partial charge is 0.245 e. The molecule has 6 nitrogen and oxygen atoms in total. The first-order chi connectivity index (χ1) is 10.9. The molecule has 0 fully saturated rings. The number of anilines is 2. The van der Waals surface area contributed by atoms with Crippen molar-refractivity contribution >= 4 is 27.3 Å². The molecule has 2 aromatic carbocycles. The fourth-order valence-corrected chi connectivity index (χ4v) is 2.86. The van der Waals surface area contributed by atoms with Crippen molar-refractivity contribution in [1.29, 1.82) is 5.26 Å². The molecule has 0 unspecified atom stereocenters. The average molecular weight is 329 g/mol. The molecule has 23 heavy (non-hydrogen) atoms. The lowest BCUT2D eigenvalue weighted by Crippen LogP contribution is -2.37. The first-order valence-corrected chi connectivity index (χ1v) is 8.58. The minimum Gasteiger partial charge on any atom is -0.323 e. The Bertz CT molecular complexity index is 842. The Kier molecular flexibility index (Phi) is 4.98. The molecule has 1 amide bonds. The molecule has 1 N–H and O–H groups in total. The number of sulfonamides is 1. The molecule has 0 radical (unpaired) electrons. The molecule has 0 aliphatic heterocycles. The maximum absolute atomic E-state index is 12.2. The molecule has 0 saturated carbocycles. The second-order valence-corrected chi connectivity index (χ2v) is 6.72. The van der Waals surface area contributed by atoms with E-state index in [1.165, 1.54) is 0 Å². The van der Waals surface area contributed by atoms with E-state index in [9.17, 15) is 13.2 Å². The summed E-state index contributed by atoms with van der Waals surface area (Å²) in [6, 6.07) is 16.8. The molecule has 7 heteroatoms. The van der Waals surface area contributed by atoms with Gasteiger partial charge in [-0.1, -0.05) is 30.3 Å². The predicted octanol–water partition coefficient (Wildman–Crippen LogP) is 1.96. The number of carbonyl (C=O) groups excluding carboxylic acids is 1. The van der Waals surface area contributed by atoms with Crippen LogP contribution in [0.3, 0.4) is 0 Å². The highest BCUT2D eigenvalue weighted by atomic mass is 32.2. The van der Waals surface area contributed by atoms with Crippen molar-refractivity contribution in [2.75, 3.05) is 22.4 Å². The highest BCUT2D eigenvalue weighted by Gasteiger charge is 2.21. The Labute approximate surface area is 135 Å². The first kappa shape index (κ1) is 16.5. The van der Waals surface area contributed by atoms with Crippen LogP contribution in [0.15, 0.2) is 54.6 Å². The summed E-state index contributed by atoms with van der Waals surface area (Å²) in [4.78, 5) is 12.2. The van der Waals surface area contributed by atoms with Gasteiger partial charge in [-0.15, -0.1) is 0 Å². The third kappa shape index (κ3) is 4.31. The Morgan fingerprint density at radius 3 is 2.35 bits per heavy atom. The van der Waals surface area contributed by atoms with Crippen LogP contribution in [-0.2, 0) is 14.8 Å². The second kappa shape index (κ2) is 6.94. The summed E-state index contributed by atoms with van der Waals surface area (Å²) in [5.74, 6) is -0.526. The predicted molar refractivity (Wildman–Crippen MR) is 88.4 cm³/mol. The van der Waals surface area contributed by atoms with Gasteiger partial charge < -0.3 is 5.32 Å². The van der Waals surface area contributed by atoms with Crippen LogP contribution in [0.2, 0.25) is 0 Å². The van der Waals surface area contributed by atoms with Crippen LogP contribution < -0.4 is 9.62 Å². The first-order valence-electron chi connectivity index (χ1n) is 6.73. The fraction of sp³-hybridized carbons (Fsp3) is 0.125. The average Bonchev–Trinajstić information content (AvgIpc) is 2.53.